The Bertz CT molecular complexity index is 619. The van der Waals surface area contributed by atoms with Crippen molar-refractivity contribution < 1.29 is 8.42 Å². The first-order valence-corrected chi connectivity index (χ1v) is 10.2. The van der Waals surface area contributed by atoms with E-state index in [-0.39, 0.29) is 0 Å². The average Bonchev–Trinajstić information content (AvgIpc) is 2.55. The first kappa shape index (κ1) is 17.8. The number of hydrogen-bond acceptors (Lipinski definition) is 4. The summed E-state index contributed by atoms with van der Waals surface area (Å²) in [6, 6.07) is 5.91. The minimum atomic E-state index is -3.32. The van der Waals surface area contributed by atoms with Crippen LogP contribution in [0.15, 0.2) is 24.4 Å². The van der Waals surface area contributed by atoms with Crippen LogP contribution in [0, 0.1) is 11.8 Å². The lowest BCUT2D eigenvalue weighted by atomic mass is 9.94. The van der Waals surface area contributed by atoms with Gasteiger partial charge in [-0.3, -0.25) is 9.88 Å². The van der Waals surface area contributed by atoms with Crippen molar-refractivity contribution >= 4 is 10.2 Å². The molecule has 2 aliphatic rings. The van der Waals surface area contributed by atoms with Gasteiger partial charge in [0.15, 0.2) is 0 Å². The zero-order valence-corrected chi connectivity index (χ0v) is 15.5. The maximum Gasteiger partial charge on any atom is 0.282 e. The third kappa shape index (κ3) is 4.14. The fraction of sp³-hybridized carbons (Fsp3) is 0.706. The molecule has 0 aliphatic carbocycles. The summed E-state index contributed by atoms with van der Waals surface area (Å²) in [5.41, 5.74) is 1.03. The molecule has 3 heterocycles. The Hall–Kier alpha value is -1.02. The summed E-state index contributed by atoms with van der Waals surface area (Å²) in [5.74, 6) is 0.878. The first-order valence-electron chi connectivity index (χ1n) is 8.82. The van der Waals surface area contributed by atoms with Crippen LogP contribution in [0.5, 0.6) is 0 Å². The molecule has 6 nitrogen and oxygen atoms in total. The zero-order valence-electron chi connectivity index (χ0n) is 14.6. The van der Waals surface area contributed by atoms with E-state index in [0.29, 0.717) is 38.0 Å². The minimum Gasteiger partial charge on any atom is -0.295 e. The van der Waals surface area contributed by atoms with Gasteiger partial charge in [0.1, 0.15) is 0 Å². The van der Waals surface area contributed by atoms with E-state index in [4.69, 9.17) is 0 Å². The van der Waals surface area contributed by atoms with E-state index in [1.165, 1.54) is 0 Å². The molecule has 3 rings (SSSR count). The third-order valence-corrected chi connectivity index (χ3v) is 6.90. The number of aromatic nitrogens is 1. The summed E-state index contributed by atoms with van der Waals surface area (Å²) < 4.78 is 29.2. The van der Waals surface area contributed by atoms with Crippen molar-refractivity contribution in [3.63, 3.8) is 0 Å². The highest BCUT2D eigenvalue weighted by molar-refractivity contribution is 7.86. The summed E-state index contributed by atoms with van der Waals surface area (Å²) >= 11 is 0. The van der Waals surface area contributed by atoms with Crippen molar-refractivity contribution in [2.45, 2.75) is 26.8 Å². The Morgan fingerprint density at radius 2 is 1.71 bits per heavy atom. The molecule has 0 amide bonds. The number of hydrogen-bond donors (Lipinski definition) is 0. The molecule has 2 unspecified atom stereocenters. The molecule has 0 spiro atoms. The van der Waals surface area contributed by atoms with Gasteiger partial charge >= 0.3 is 0 Å². The number of nitrogens with zero attached hydrogens (tertiary/aromatic N) is 4. The Morgan fingerprint density at radius 1 is 1.04 bits per heavy atom. The van der Waals surface area contributed by atoms with Gasteiger partial charge in [0.25, 0.3) is 10.2 Å². The molecule has 134 valence electrons. The van der Waals surface area contributed by atoms with E-state index in [1.807, 2.05) is 18.2 Å². The highest BCUT2D eigenvalue weighted by Crippen LogP contribution is 2.25. The summed E-state index contributed by atoms with van der Waals surface area (Å²) in [7, 11) is -3.32. The van der Waals surface area contributed by atoms with Gasteiger partial charge in [-0.2, -0.15) is 17.0 Å². The van der Waals surface area contributed by atoms with Gasteiger partial charge in [-0.1, -0.05) is 19.9 Å². The molecule has 0 N–H and O–H groups in total. The molecule has 0 bridgehead atoms. The maximum absolute atomic E-state index is 12.9. The van der Waals surface area contributed by atoms with Gasteiger partial charge < -0.3 is 0 Å². The summed E-state index contributed by atoms with van der Waals surface area (Å²) in [6.45, 7) is 9.02. The largest absolute Gasteiger partial charge is 0.295 e. The van der Waals surface area contributed by atoms with Gasteiger partial charge in [-0.25, -0.2) is 0 Å². The van der Waals surface area contributed by atoms with E-state index >= 15 is 0 Å². The van der Waals surface area contributed by atoms with Gasteiger partial charge in [0, 0.05) is 52.0 Å². The zero-order chi connectivity index (χ0) is 17.2. The van der Waals surface area contributed by atoms with Gasteiger partial charge in [-0.15, -0.1) is 0 Å². The van der Waals surface area contributed by atoms with Crippen LogP contribution in [-0.2, 0) is 16.8 Å². The van der Waals surface area contributed by atoms with Crippen LogP contribution in [0.1, 0.15) is 26.0 Å². The van der Waals surface area contributed by atoms with Crippen LogP contribution in [0.4, 0.5) is 0 Å². The fourth-order valence-electron chi connectivity index (χ4n) is 3.80. The second-order valence-electron chi connectivity index (χ2n) is 7.27. The SMILES string of the molecule is CC1CC(C)CN(S(=O)(=O)N2CCN(Cc3ccccn3)CC2)C1. The molecule has 1 aromatic rings. The lowest BCUT2D eigenvalue weighted by Gasteiger charge is -2.40. The Kier molecular flexibility index (Phi) is 5.54. The van der Waals surface area contributed by atoms with Crippen molar-refractivity contribution in [2.75, 3.05) is 39.3 Å². The van der Waals surface area contributed by atoms with Crippen LogP contribution >= 0.6 is 0 Å². The van der Waals surface area contributed by atoms with Crippen LogP contribution in [-0.4, -0.2) is 66.2 Å². The first-order chi connectivity index (χ1) is 11.4. The molecule has 2 atom stereocenters. The van der Waals surface area contributed by atoms with Crippen molar-refractivity contribution in [1.29, 1.82) is 0 Å². The van der Waals surface area contributed by atoms with Crippen molar-refractivity contribution in [1.82, 2.24) is 18.5 Å². The van der Waals surface area contributed by atoms with Crippen LogP contribution in [0.3, 0.4) is 0 Å². The summed E-state index contributed by atoms with van der Waals surface area (Å²) in [4.78, 5) is 6.62. The van der Waals surface area contributed by atoms with Crippen LogP contribution in [0.25, 0.3) is 0 Å². The Labute approximate surface area is 145 Å². The second-order valence-corrected chi connectivity index (χ2v) is 9.20. The Morgan fingerprint density at radius 3 is 2.29 bits per heavy atom. The standard InChI is InChI=1S/C17H28N4O2S/c1-15-11-16(2)13-21(12-15)24(22,23)20-9-7-19(8-10-20)14-17-5-3-4-6-18-17/h3-6,15-16H,7-14H2,1-2H3. The van der Waals surface area contributed by atoms with E-state index in [9.17, 15) is 8.42 Å². The van der Waals surface area contributed by atoms with E-state index < -0.39 is 10.2 Å². The predicted octanol–water partition coefficient (Wildman–Crippen LogP) is 1.42. The second kappa shape index (κ2) is 7.47. The number of piperidine rings is 1. The molecule has 2 fully saturated rings. The minimum absolute atomic E-state index is 0.439. The lowest BCUT2D eigenvalue weighted by Crippen LogP contribution is -2.55. The molecule has 7 heteroatoms. The highest BCUT2D eigenvalue weighted by atomic mass is 32.2. The molecule has 0 aromatic carbocycles. The van der Waals surface area contributed by atoms with E-state index in [1.54, 1.807) is 14.8 Å². The number of pyridine rings is 1. The molecule has 0 radical (unpaired) electrons. The molecule has 2 saturated heterocycles. The third-order valence-electron chi connectivity index (χ3n) is 4.93. The summed E-state index contributed by atoms with van der Waals surface area (Å²) in [6.07, 6.45) is 2.92. The van der Waals surface area contributed by atoms with Gasteiger partial charge in [0.05, 0.1) is 5.69 Å². The number of rotatable bonds is 4. The molecule has 24 heavy (non-hydrogen) atoms. The van der Waals surface area contributed by atoms with Crippen molar-refractivity contribution in [3.05, 3.63) is 30.1 Å². The molecule has 1 aromatic heterocycles. The molecular weight excluding hydrogens is 324 g/mol. The highest BCUT2D eigenvalue weighted by Gasteiger charge is 2.36. The lowest BCUT2D eigenvalue weighted by molar-refractivity contribution is 0.161. The maximum atomic E-state index is 12.9. The quantitative estimate of drug-likeness (QED) is 0.822. The predicted molar refractivity (Wildman–Crippen MR) is 94.5 cm³/mol. The monoisotopic (exact) mass is 352 g/mol. The average molecular weight is 353 g/mol. The van der Waals surface area contributed by atoms with E-state index in [2.05, 4.69) is 23.7 Å². The van der Waals surface area contributed by atoms with Gasteiger partial charge in [0.2, 0.25) is 0 Å². The number of piperazine rings is 1. The molecule has 0 saturated carbocycles. The fourth-order valence-corrected chi connectivity index (χ4v) is 5.63. The van der Waals surface area contributed by atoms with Gasteiger partial charge in [-0.05, 0) is 30.4 Å². The normalized spacial score (nSPS) is 28.1. The van der Waals surface area contributed by atoms with Crippen molar-refractivity contribution in [3.8, 4) is 0 Å². The topological polar surface area (TPSA) is 56.8 Å². The van der Waals surface area contributed by atoms with Crippen molar-refractivity contribution in [2.24, 2.45) is 11.8 Å². The Balaban J connectivity index is 1.57. The van der Waals surface area contributed by atoms with Crippen LogP contribution < -0.4 is 0 Å². The molecular formula is C17H28N4O2S. The summed E-state index contributed by atoms with van der Waals surface area (Å²) in [5, 5.41) is 0. The smallest absolute Gasteiger partial charge is 0.282 e. The van der Waals surface area contributed by atoms with Crippen LogP contribution in [0.2, 0.25) is 0 Å². The molecule has 2 aliphatic heterocycles. The van der Waals surface area contributed by atoms with E-state index in [0.717, 1.165) is 31.7 Å².